The van der Waals surface area contributed by atoms with Crippen LogP contribution >= 0.6 is 0 Å². The molecule has 0 fully saturated rings. The normalized spacial score (nSPS) is 11.9. The first-order valence-corrected chi connectivity index (χ1v) is 5.86. The molecule has 6 heteroatoms. The van der Waals surface area contributed by atoms with E-state index in [1.54, 1.807) is 35.0 Å². The minimum absolute atomic E-state index is 0.0577. The number of alkyl halides is 3. The molecule has 0 unspecified atom stereocenters. The van der Waals surface area contributed by atoms with Crippen molar-refractivity contribution in [1.29, 1.82) is 0 Å². The molecule has 102 valence electrons. The molecule has 0 radical (unpaired) electrons. The number of fused-ring (bicyclic) bond motifs is 1. The van der Waals surface area contributed by atoms with Crippen LogP contribution in [0.5, 0.6) is 0 Å². The molecule has 0 aliphatic heterocycles. The second-order valence-corrected chi connectivity index (χ2v) is 4.40. The fourth-order valence-electron chi connectivity index (χ4n) is 2.08. The Labute approximate surface area is 112 Å². The van der Waals surface area contributed by atoms with Crippen LogP contribution in [0.4, 0.5) is 18.9 Å². The standard InChI is InChI=1S/C14H10F3N3/c15-14(16,17)11-4-2-1-3-10(11)12-8-20-6-5-9(18)7-13(20)19-12/h1-8H,18H2. The third-order valence-corrected chi connectivity index (χ3v) is 2.99. The van der Waals surface area contributed by atoms with E-state index in [1.807, 2.05) is 0 Å². The Morgan fingerprint density at radius 3 is 2.60 bits per heavy atom. The van der Waals surface area contributed by atoms with E-state index in [2.05, 4.69) is 4.98 Å². The molecule has 0 amide bonds. The molecule has 0 saturated carbocycles. The number of hydrogen-bond acceptors (Lipinski definition) is 2. The quantitative estimate of drug-likeness (QED) is 0.738. The van der Waals surface area contributed by atoms with Crippen LogP contribution < -0.4 is 5.73 Å². The van der Waals surface area contributed by atoms with Gasteiger partial charge in [0, 0.05) is 29.7 Å². The number of anilines is 1. The van der Waals surface area contributed by atoms with Gasteiger partial charge in [-0.15, -0.1) is 0 Å². The number of hydrogen-bond donors (Lipinski definition) is 1. The van der Waals surface area contributed by atoms with Crippen LogP contribution in [-0.4, -0.2) is 9.38 Å². The molecule has 2 heterocycles. The number of pyridine rings is 1. The minimum atomic E-state index is -4.41. The van der Waals surface area contributed by atoms with E-state index in [-0.39, 0.29) is 11.3 Å². The molecule has 3 nitrogen and oxygen atoms in total. The Balaban J connectivity index is 2.21. The van der Waals surface area contributed by atoms with Crippen molar-refractivity contribution < 1.29 is 13.2 Å². The largest absolute Gasteiger partial charge is 0.417 e. The van der Waals surface area contributed by atoms with Gasteiger partial charge in [0.2, 0.25) is 0 Å². The number of benzene rings is 1. The Kier molecular flexibility index (Phi) is 2.67. The number of nitrogens with zero attached hydrogens (tertiary/aromatic N) is 2. The number of aromatic nitrogens is 2. The van der Waals surface area contributed by atoms with E-state index in [1.165, 1.54) is 12.1 Å². The van der Waals surface area contributed by atoms with Crippen LogP contribution in [0.15, 0.2) is 48.8 Å². The van der Waals surface area contributed by atoms with Crippen LogP contribution in [0.2, 0.25) is 0 Å². The van der Waals surface area contributed by atoms with Crippen LogP contribution in [0.3, 0.4) is 0 Å². The molecule has 3 rings (SSSR count). The molecule has 20 heavy (non-hydrogen) atoms. The van der Waals surface area contributed by atoms with Crippen molar-refractivity contribution in [3.63, 3.8) is 0 Å². The smallest absolute Gasteiger partial charge is 0.399 e. The van der Waals surface area contributed by atoms with Gasteiger partial charge in [-0.3, -0.25) is 0 Å². The van der Waals surface area contributed by atoms with Crippen molar-refractivity contribution >= 4 is 11.3 Å². The van der Waals surface area contributed by atoms with Gasteiger partial charge in [-0.1, -0.05) is 18.2 Å². The van der Waals surface area contributed by atoms with Crippen LogP contribution in [0.25, 0.3) is 16.9 Å². The maximum Gasteiger partial charge on any atom is 0.417 e. The van der Waals surface area contributed by atoms with Gasteiger partial charge in [-0.05, 0) is 12.1 Å². The number of halogens is 3. The summed E-state index contributed by atoms with van der Waals surface area (Å²) in [6.07, 6.45) is -1.19. The lowest BCUT2D eigenvalue weighted by molar-refractivity contribution is -0.137. The van der Waals surface area contributed by atoms with Crippen molar-refractivity contribution in [2.45, 2.75) is 6.18 Å². The van der Waals surface area contributed by atoms with E-state index in [0.29, 0.717) is 11.3 Å². The van der Waals surface area contributed by atoms with Crippen molar-refractivity contribution in [3.8, 4) is 11.3 Å². The van der Waals surface area contributed by atoms with E-state index in [4.69, 9.17) is 5.73 Å². The summed E-state index contributed by atoms with van der Waals surface area (Å²) < 4.78 is 40.6. The molecule has 3 aromatic rings. The lowest BCUT2D eigenvalue weighted by Gasteiger charge is -2.10. The molecular formula is C14H10F3N3. The first-order chi connectivity index (χ1) is 9.45. The molecule has 2 N–H and O–H groups in total. The highest BCUT2D eigenvalue weighted by Crippen LogP contribution is 2.36. The van der Waals surface area contributed by atoms with Crippen molar-refractivity contribution in [2.24, 2.45) is 0 Å². The summed E-state index contributed by atoms with van der Waals surface area (Å²) in [5.41, 5.74) is 6.29. The second-order valence-electron chi connectivity index (χ2n) is 4.40. The summed E-state index contributed by atoms with van der Waals surface area (Å²) in [5, 5.41) is 0. The highest BCUT2D eigenvalue weighted by Gasteiger charge is 2.33. The summed E-state index contributed by atoms with van der Waals surface area (Å²) in [5.74, 6) is 0. The Bertz CT molecular complexity index is 775. The lowest BCUT2D eigenvalue weighted by Crippen LogP contribution is -2.06. The summed E-state index contributed by atoms with van der Waals surface area (Å²) in [4.78, 5) is 4.20. The van der Waals surface area contributed by atoms with E-state index >= 15 is 0 Å². The van der Waals surface area contributed by atoms with Crippen molar-refractivity contribution in [3.05, 3.63) is 54.4 Å². The number of imidazole rings is 1. The number of nitrogen functional groups attached to an aromatic ring is 1. The van der Waals surface area contributed by atoms with Gasteiger partial charge in [0.25, 0.3) is 0 Å². The Hall–Kier alpha value is -2.50. The Morgan fingerprint density at radius 1 is 1.10 bits per heavy atom. The Morgan fingerprint density at radius 2 is 1.85 bits per heavy atom. The maximum atomic E-state index is 13.0. The van der Waals surface area contributed by atoms with Crippen LogP contribution in [-0.2, 0) is 6.18 Å². The minimum Gasteiger partial charge on any atom is -0.399 e. The second kappa shape index (κ2) is 4.26. The predicted octanol–water partition coefficient (Wildman–Crippen LogP) is 3.60. The van der Waals surface area contributed by atoms with E-state index in [9.17, 15) is 13.2 Å². The third kappa shape index (κ3) is 2.09. The monoisotopic (exact) mass is 277 g/mol. The molecule has 0 saturated heterocycles. The summed E-state index contributed by atoms with van der Waals surface area (Å²) in [6, 6.07) is 8.65. The third-order valence-electron chi connectivity index (χ3n) is 2.99. The van der Waals surface area contributed by atoms with Crippen molar-refractivity contribution in [2.75, 3.05) is 5.73 Å². The first kappa shape index (κ1) is 12.5. The topological polar surface area (TPSA) is 43.3 Å². The molecule has 0 aliphatic rings. The highest BCUT2D eigenvalue weighted by atomic mass is 19.4. The predicted molar refractivity (Wildman–Crippen MR) is 70.0 cm³/mol. The highest BCUT2D eigenvalue weighted by molar-refractivity contribution is 5.68. The molecule has 1 aromatic carbocycles. The van der Waals surface area contributed by atoms with E-state index < -0.39 is 11.7 Å². The SMILES string of the molecule is Nc1ccn2cc(-c3ccccc3C(F)(F)F)nc2c1. The zero-order chi connectivity index (χ0) is 14.3. The zero-order valence-corrected chi connectivity index (χ0v) is 10.2. The van der Waals surface area contributed by atoms with Crippen LogP contribution in [0, 0.1) is 0 Å². The molecule has 0 bridgehead atoms. The zero-order valence-electron chi connectivity index (χ0n) is 10.2. The van der Waals surface area contributed by atoms with Gasteiger partial charge in [-0.25, -0.2) is 4.98 Å². The van der Waals surface area contributed by atoms with Gasteiger partial charge in [0.1, 0.15) is 5.65 Å². The molecule has 0 atom stereocenters. The fraction of sp³-hybridized carbons (Fsp3) is 0.0714. The molecular weight excluding hydrogens is 267 g/mol. The maximum absolute atomic E-state index is 13.0. The lowest BCUT2D eigenvalue weighted by atomic mass is 10.1. The van der Waals surface area contributed by atoms with Gasteiger partial charge in [0.15, 0.2) is 0 Å². The van der Waals surface area contributed by atoms with Gasteiger partial charge < -0.3 is 10.1 Å². The fourth-order valence-corrected chi connectivity index (χ4v) is 2.08. The average Bonchev–Trinajstić information content (AvgIpc) is 2.80. The van der Waals surface area contributed by atoms with Gasteiger partial charge >= 0.3 is 6.18 Å². The number of nitrogens with two attached hydrogens (primary N) is 1. The average molecular weight is 277 g/mol. The summed E-state index contributed by atoms with van der Waals surface area (Å²) in [6.45, 7) is 0. The molecule has 0 spiro atoms. The molecule has 0 aliphatic carbocycles. The van der Waals surface area contributed by atoms with Crippen molar-refractivity contribution in [1.82, 2.24) is 9.38 Å². The van der Waals surface area contributed by atoms with Gasteiger partial charge in [0.05, 0.1) is 11.3 Å². The number of rotatable bonds is 1. The summed E-state index contributed by atoms with van der Waals surface area (Å²) >= 11 is 0. The van der Waals surface area contributed by atoms with Crippen LogP contribution in [0.1, 0.15) is 5.56 Å². The first-order valence-electron chi connectivity index (χ1n) is 5.86. The van der Waals surface area contributed by atoms with Gasteiger partial charge in [-0.2, -0.15) is 13.2 Å². The summed E-state index contributed by atoms with van der Waals surface area (Å²) in [7, 11) is 0. The van der Waals surface area contributed by atoms with E-state index in [0.717, 1.165) is 6.07 Å². The molecule has 2 aromatic heterocycles.